The lowest BCUT2D eigenvalue weighted by atomic mass is 9.93. The largest absolute Gasteiger partial charge is 0.369 e. The Morgan fingerprint density at radius 1 is 1.65 bits per heavy atom. The first-order valence-electron chi connectivity index (χ1n) is 5.32. The number of hydrogen-bond acceptors (Lipinski definition) is 4. The molecule has 2 radical (unpaired) electrons. The Kier molecular flexibility index (Phi) is 2.77. The molecule has 1 atom stereocenters. The number of nitrogens with zero attached hydrogens (tertiary/aromatic N) is 2. The number of aryl methyl sites for hydroxylation is 1. The third kappa shape index (κ3) is 1.97. The average Bonchev–Trinajstić information content (AvgIpc) is 2.56. The Balaban J connectivity index is 2.47. The van der Waals surface area contributed by atoms with Crippen LogP contribution in [0.1, 0.15) is 23.8 Å². The topological polar surface area (TPSA) is 58.7 Å². The van der Waals surface area contributed by atoms with Gasteiger partial charge in [-0.25, -0.2) is 4.99 Å². The van der Waals surface area contributed by atoms with Crippen LogP contribution in [-0.4, -0.2) is 31.7 Å². The minimum atomic E-state index is -0.583. The molecule has 1 aromatic rings. The lowest BCUT2D eigenvalue weighted by Gasteiger charge is -2.32. The number of aliphatic imine (C=N–C) groups is 1. The fourth-order valence-electron chi connectivity index (χ4n) is 1.81. The molecule has 17 heavy (non-hydrogen) atoms. The molecule has 1 amide bonds. The van der Waals surface area contributed by atoms with Gasteiger partial charge in [-0.1, -0.05) is 0 Å². The standard InChI is InChI=1S/C11H14BN3OS/c1-6-4-7(17-9(6)12)11(2)5-8(16)15(3)10(13)14-11/h4H,5H2,1-3H3,(H2,13,14)/t11-/m0/s1. The van der Waals surface area contributed by atoms with Gasteiger partial charge in [0.15, 0.2) is 5.96 Å². The molecule has 0 unspecified atom stereocenters. The van der Waals surface area contributed by atoms with E-state index in [1.54, 1.807) is 7.05 Å². The van der Waals surface area contributed by atoms with Gasteiger partial charge in [-0.15, -0.1) is 0 Å². The minimum Gasteiger partial charge on any atom is -0.369 e. The van der Waals surface area contributed by atoms with Crippen molar-refractivity contribution >= 4 is 35.8 Å². The van der Waals surface area contributed by atoms with Crippen molar-refractivity contribution in [2.75, 3.05) is 7.05 Å². The SMILES string of the molecule is [B]c1sc([C@]2(C)CC(=O)N(C)C(N)=N2)cc1C. The second-order valence-electron chi connectivity index (χ2n) is 4.53. The molecule has 2 N–H and O–H groups in total. The number of carbonyl (C=O) groups is 1. The molecule has 0 saturated carbocycles. The number of guanidine groups is 1. The van der Waals surface area contributed by atoms with Gasteiger partial charge in [0, 0.05) is 11.9 Å². The van der Waals surface area contributed by atoms with Gasteiger partial charge in [0.05, 0.1) is 6.42 Å². The summed E-state index contributed by atoms with van der Waals surface area (Å²) in [6.45, 7) is 3.86. The summed E-state index contributed by atoms with van der Waals surface area (Å²) in [4.78, 5) is 18.6. The molecular weight excluding hydrogens is 233 g/mol. The van der Waals surface area contributed by atoms with Gasteiger partial charge >= 0.3 is 0 Å². The number of carbonyl (C=O) groups excluding carboxylic acids is 1. The molecule has 1 aliphatic rings. The molecular formula is C11H14BN3OS. The molecule has 4 nitrogen and oxygen atoms in total. The lowest BCUT2D eigenvalue weighted by Crippen LogP contribution is -2.47. The van der Waals surface area contributed by atoms with Crippen molar-refractivity contribution in [1.82, 2.24) is 4.90 Å². The van der Waals surface area contributed by atoms with Crippen molar-refractivity contribution in [3.05, 3.63) is 16.5 Å². The highest BCUT2D eigenvalue weighted by Crippen LogP contribution is 2.35. The third-order valence-electron chi connectivity index (χ3n) is 3.06. The minimum absolute atomic E-state index is 0.0235. The first-order valence-corrected chi connectivity index (χ1v) is 6.13. The van der Waals surface area contributed by atoms with Gasteiger partial charge in [-0.05, 0) is 30.3 Å². The number of thiophene rings is 1. The Morgan fingerprint density at radius 2 is 2.29 bits per heavy atom. The first-order chi connectivity index (χ1) is 7.83. The monoisotopic (exact) mass is 247 g/mol. The van der Waals surface area contributed by atoms with E-state index < -0.39 is 5.54 Å². The summed E-state index contributed by atoms with van der Waals surface area (Å²) in [6, 6.07) is 1.98. The molecule has 0 bridgehead atoms. The fourth-order valence-corrected chi connectivity index (χ4v) is 2.84. The maximum absolute atomic E-state index is 11.8. The van der Waals surface area contributed by atoms with Crippen molar-refractivity contribution in [1.29, 1.82) is 0 Å². The molecule has 0 saturated heterocycles. The fraction of sp³-hybridized carbons (Fsp3) is 0.455. The molecule has 0 spiro atoms. The molecule has 2 heterocycles. The van der Waals surface area contributed by atoms with Crippen molar-refractivity contribution in [2.24, 2.45) is 10.7 Å². The molecule has 1 aliphatic heterocycles. The van der Waals surface area contributed by atoms with Gasteiger partial charge in [-0.2, -0.15) is 11.3 Å². The van der Waals surface area contributed by atoms with Crippen molar-refractivity contribution in [3.8, 4) is 0 Å². The van der Waals surface area contributed by atoms with Crippen LogP contribution in [0.25, 0.3) is 0 Å². The summed E-state index contributed by atoms with van der Waals surface area (Å²) in [6.07, 6.45) is 0.323. The summed E-state index contributed by atoms with van der Waals surface area (Å²) in [7, 11) is 7.48. The lowest BCUT2D eigenvalue weighted by molar-refractivity contribution is -0.128. The van der Waals surface area contributed by atoms with Crippen molar-refractivity contribution < 1.29 is 4.79 Å². The summed E-state index contributed by atoms with van der Waals surface area (Å²) in [5.41, 5.74) is 6.19. The highest BCUT2D eigenvalue weighted by atomic mass is 32.1. The van der Waals surface area contributed by atoms with Gasteiger partial charge in [0.25, 0.3) is 0 Å². The molecule has 0 fully saturated rings. The zero-order chi connectivity index (χ0) is 12.8. The predicted octanol–water partition coefficient (Wildman–Crippen LogP) is 0.242. The average molecular weight is 247 g/mol. The van der Waals surface area contributed by atoms with Crippen LogP contribution in [-0.2, 0) is 10.3 Å². The van der Waals surface area contributed by atoms with E-state index in [2.05, 4.69) is 4.99 Å². The van der Waals surface area contributed by atoms with Gasteiger partial charge < -0.3 is 5.73 Å². The number of rotatable bonds is 1. The van der Waals surface area contributed by atoms with Crippen LogP contribution in [0.5, 0.6) is 0 Å². The van der Waals surface area contributed by atoms with Crippen molar-refractivity contribution in [2.45, 2.75) is 25.8 Å². The summed E-state index contributed by atoms with van der Waals surface area (Å²) in [5, 5.41) is 0. The number of nitrogens with two attached hydrogens (primary N) is 1. The quantitative estimate of drug-likeness (QED) is 0.723. The maximum atomic E-state index is 11.8. The van der Waals surface area contributed by atoms with E-state index in [-0.39, 0.29) is 11.9 Å². The number of amides is 1. The Hall–Kier alpha value is -1.30. The van der Waals surface area contributed by atoms with Crippen LogP contribution in [0.2, 0.25) is 0 Å². The summed E-state index contributed by atoms with van der Waals surface area (Å²) < 4.78 is 0.765. The molecule has 88 valence electrons. The van der Waals surface area contributed by atoms with Crippen LogP contribution in [0.3, 0.4) is 0 Å². The van der Waals surface area contributed by atoms with Gasteiger partial charge in [0.1, 0.15) is 13.4 Å². The smallest absolute Gasteiger partial charge is 0.231 e. The summed E-state index contributed by atoms with van der Waals surface area (Å²) in [5.74, 6) is 0.234. The van der Waals surface area contributed by atoms with Crippen LogP contribution in [0.15, 0.2) is 11.1 Å². The molecule has 2 rings (SSSR count). The van der Waals surface area contributed by atoms with Crippen molar-refractivity contribution in [3.63, 3.8) is 0 Å². The van der Waals surface area contributed by atoms with Crippen LogP contribution in [0.4, 0.5) is 0 Å². The Morgan fingerprint density at radius 3 is 2.76 bits per heavy atom. The highest BCUT2D eigenvalue weighted by molar-refractivity contribution is 7.20. The third-order valence-corrected chi connectivity index (χ3v) is 4.38. The van der Waals surface area contributed by atoms with E-state index in [0.717, 1.165) is 15.2 Å². The van der Waals surface area contributed by atoms with E-state index in [0.29, 0.717) is 6.42 Å². The zero-order valence-corrected chi connectivity index (χ0v) is 11.0. The maximum Gasteiger partial charge on any atom is 0.231 e. The van der Waals surface area contributed by atoms with E-state index in [4.69, 9.17) is 13.6 Å². The van der Waals surface area contributed by atoms with Gasteiger partial charge in [-0.3, -0.25) is 9.69 Å². The van der Waals surface area contributed by atoms with Gasteiger partial charge in [0.2, 0.25) is 5.91 Å². The van der Waals surface area contributed by atoms with E-state index in [1.165, 1.54) is 16.2 Å². The van der Waals surface area contributed by atoms with Crippen LogP contribution in [0, 0.1) is 6.92 Å². The summed E-state index contributed by atoms with van der Waals surface area (Å²) >= 11 is 1.47. The molecule has 6 heteroatoms. The number of hydrogen-bond donors (Lipinski definition) is 1. The Bertz CT molecular complexity index is 491. The zero-order valence-electron chi connectivity index (χ0n) is 10.2. The Labute approximate surface area is 106 Å². The molecule has 0 aromatic carbocycles. The highest BCUT2D eigenvalue weighted by Gasteiger charge is 2.37. The second-order valence-corrected chi connectivity index (χ2v) is 5.62. The van der Waals surface area contributed by atoms with Crippen LogP contribution < -0.4 is 10.5 Å². The van der Waals surface area contributed by atoms with E-state index in [1.807, 2.05) is 19.9 Å². The predicted molar refractivity (Wildman–Crippen MR) is 70.8 cm³/mol. The first kappa shape index (κ1) is 12.2. The molecule has 1 aromatic heterocycles. The van der Waals surface area contributed by atoms with Crippen LogP contribution >= 0.6 is 11.3 Å². The normalized spacial score (nSPS) is 25.0. The van der Waals surface area contributed by atoms with E-state index >= 15 is 0 Å². The molecule has 0 aliphatic carbocycles. The second kappa shape index (κ2) is 3.87. The van der Waals surface area contributed by atoms with E-state index in [9.17, 15) is 4.79 Å².